The molecule has 0 unspecified atom stereocenters. The fourth-order valence-electron chi connectivity index (χ4n) is 4.06. The van der Waals surface area contributed by atoms with Crippen molar-refractivity contribution < 1.29 is 19.1 Å². The topological polar surface area (TPSA) is 76.7 Å². The molecule has 2 N–H and O–H groups in total. The Labute approximate surface area is 210 Å². The van der Waals surface area contributed by atoms with Gasteiger partial charge in [0.15, 0.2) is 0 Å². The summed E-state index contributed by atoms with van der Waals surface area (Å²) in [5, 5.41) is 5.81. The zero-order chi connectivity index (χ0) is 25.3. The summed E-state index contributed by atoms with van der Waals surface area (Å²) >= 11 is 0. The molecule has 36 heavy (non-hydrogen) atoms. The number of nitrogens with one attached hydrogen (secondary N) is 2. The van der Waals surface area contributed by atoms with Gasteiger partial charge >= 0.3 is 0 Å². The van der Waals surface area contributed by atoms with Crippen LogP contribution in [0.2, 0.25) is 0 Å². The number of amides is 2. The number of hydrogen-bond acceptors (Lipinski definition) is 4. The van der Waals surface area contributed by atoms with Crippen molar-refractivity contribution in [3.8, 4) is 11.5 Å². The van der Waals surface area contributed by atoms with Crippen LogP contribution >= 0.6 is 0 Å². The third kappa shape index (κ3) is 5.91. The number of benzene rings is 4. The lowest BCUT2D eigenvalue weighted by atomic mass is 9.88. The zero-order valence-electron chi connectivity index (χ0n) is 20.2. The highest BCUT2D eigenvalue weighted by Gasteiger charge is 2.21. The number of carbonyl (C=O) groups excluding carboxylic acids is 2. The van der Waals surface area contributed by atoms with E-state index in [1.807, 2.05) is 66.7 Å². The second-order valence-corrected chi connectivity index (χ2v) is 8.20. The molecular weight excluding hydrogens is 452 g/mol. The van der Waals surface area contributed by atoms with Gasteiger partial charge in [-0.2, -0.15) is 0 Å². The minimum atomic E-state index is -0.277. The number of ether oxygens (including phenoxy) is 2. The van der Waals surface area contributed by atoms with E-state index in [0.29, 0.717) is 28.4 Å². The van der Waals surface area contributed by atoms with Crippen molar-refractivity contribution >= 4 is 23.2 Å². The summed E-state index contributed by atoms with van der Waals surface area (Å²) in [6.07, 6.45) is 0.242. The summed E-state index contributed by atoms with van der Waals surface area (Å²) in [4.78, 5) is 25.9. The van der Waals surface area contributed by atoms with Gasteiger partial charge in [0.25, 0.3) is 5.91 Å². The molecule has 0 fully saturated rings. The molecule has 6 nitrogen and oxygen atoms in total. The predicted molar refractivity (Wildman–Crippen MR) is 142 cm³/mol. The van der Waals surface area contributed by atoms with Crippen LogP contribution < -0.4 is 20.1 Å². The summed E-state index contributed by atoms with van der Waals surface area (Å²) in [5.74, 6) is 0.252. The van der Waals surface area contributed by atoms with Crippen LogP contribution in [0.1, 0.15) is 33.8 Å². The van der Waals surface area contributed by atoms with Crippen LogP contribution in [-0.2, 0) is 4.79 Å². The highest BCUT2D eigenvalue weighted by atomic mass is 16.5. The van der Waals surface area contributed by atoms with E-state index in [1.165, 1.54) is 14.2 Å². The molecular formula is C30H28N2O4. The first-order valence-electron chi connectivity index (χ1n) is 11.6. The molecule has 4 aromatic carbocycles. The molecule has 0 spiro atoms. The lowest BCUT2D eigenvalue weighted by Crippen LogP contribution is -2.17. The standard InChI is InChI=1S/C30H28N2O4/c1-35-27-20-26(32-30(34)23-16-10-5-11-17-23)28(36-2)19-25(27)31-29(33)18-24(21-12-6-3-7-13-21)22-14-8-4-9-15-22/h3-17,19-20,24H,18H2,1-2H3,(H,31,33)(H,32,34). The minimum absolute atomic E-state index is 0.107. The van der Waals surface area contributed by atoms with Crippen molar-refractivity contribution in [1.29, 1.82) is 0 Å². The Hall–Kier alpha value is -4.58. The molecule has 0 radical (unpaired) electrons. The van der Waals surface area contributed by atoms with Gasteiger partial charge in [-0.3, -0.25) is 9.59 Å². The molecule has 6 heteroatoms. The molecule has 0 saturated heterocycles. The molecule has 4 rings (SSSR count). The average Bonchev–Trinajstić information content (AvgIpc) is 2.93. The van der Waals surface area contributed by atoms with E-state index in [1.54, 1.807) is 36.4 Å². The predicted octanol–water partition coefficient (Wildman–Crippen LogP) is 6.12. The Morgan fingerprint density at radius 1 is 0.667 bits per heavy atom. The third-order valence-corrected chi connectivity index (χ3v) is 5.87. The van der Waals surface area contributed by atoms with E-state index in [9.17, 15) is 9.59 Å². The molecule has 0 bridgehead atoms. The van der Waals surface area contributed by atoms with Crippen LogP contribution in [0.5, 0.6) is 11.5 Å². The second-order valence-electron chi connectivity index (χ2n) is 8.20. The molecule has 0 aliphatic rings. The maximum Gasteiger partial charge on any atom is 0.255 e. The smallest absolute Gasteiger partial charge is 0.255 e. The third-order valence-electron chi connectivity index (χ3n) is 5.87. The number of anilines is 2. The molecule has 182 valence electrons. The SMILES string of the molecule is COc1cc(NC(=O)c2ccccc2)c(OC)cc1NC(=O)CC(c1ccccc1)c1ccccc1. The molecule has 0 aliphatic heterocycles. The molecule has 4 aromatic rings. The number of rotatable bonds is 9. The average molecular weight is 481 g/mol. The molecule has 0 heterocycles. The molecule has 0 atom stereocenters. The molecule has 0 aliphatic carbocycles. The van der Waals surface area contributed by atoms with E-state index in [0.717, 1.165) is 11.1 Å². The Kier molecular flexibility index (Phi) is 7.98. The first-order valence-corrected chi connectivity index (χ1v) is 11.6. The quantitative estimate of drug-likeness (QED) is 0.303. The van der Waals surface area contributed by atoms with Crippen LogP contribution in [0.15, 0.2) is 103 Å². The van der Waals surface area contributed by atoms with Gasteiger partial charge in [-0.05, 0) is 23.3 Å². The van der Waals surface area contributed by atoms with Crippen molar-refractivity contribution in [3.63, 3.8) is 0 Å². The van der Waals surface area contributed by atoms with Crippen molar-refractivity contribution in [2.75, 3.05) is 24.9 Å². The Balaban J connectivity index is 1.56. The lowest BCUT2D eigenvalue weighted by molar-refractivity contribution is -0.116. The fraction of sp³-hybridized carbons (Fsp3) is 0.133. The van der Waals surface area contributed by atoms with Gasteiger partial charge in [-0.25, -0.2) is 0 Å². The fourth-order valence-corrected chi connectivity index (χ4v) is 4.06. The number of carbonyl (C=O) groups is 2. The Morgan fingerprint density at radius 2 is 1.11 bits per heavy atom. The largest absolute Gasteiger partial charge is 0.494 e. The van der Waals surface area contributed by atoms with E-state index in [4.69, 9.17) is 9.47 Å². The van der Waals surface area contributed by atoms with Crippen molar-refractivity contribution in [1.82, 2.24) is 0 Å². The summed E-state index contributed by atoms with van der Waals surface area (Å²) in [7, 11) is 3.02. The van der Waals surface area contributed by atoms with Crippen LogP contribution in [0.3, 0.4) is 0 Å². The van der Waals surface area contributed by atoms with Gasteiger partial charge in [0.1, 0.15) is 11.5 Å². The van der Waals surface area contributed by atoms with E-state index in [2.05, 4.69) is 10.6 Å². The van der Waals surface area contributed by atoms with Crippen LogP contribution in [0, 0.1) is 0 Å². The van der Waals surface area contributed by atoms with Gasteiger partial charge in [0.05, 0.1) is 25.6 Å². The molecule has 0 saturated carbocycles. The van der Waals surface area contributed by atoms with Gasteiger partial charge in [0.2, 0.25) is 5.91 Å². The number of hydrogen-bond donors (Lipinski definition) is 2. The molecule has 0 aromatic heterocycles. The van der Waals surface area contributed by atoms with Crippen LogP contribution in [0.25, 0.3) is 0 Å². The highest BCUT2D eigenvalue weighted by molar-refractivity contribution is 6.05. The summed E-state index contributed by atoms with van der Waals surface area (Å²) in [5.41, 5.74) is 3.53. The van der Waals surface area contributed by atoms with Crippen LogP contribution in [0.4, 0.5) is 11.4 Å². The number of methoxy groups -OCH3 is 2. The summed E-state index contributed by atoms with van der Waals surface area (Å²) < 4.78 is 11.0. The Bertz CT molecular complexity index is 1270. The van der Waals surface area contributed by atoms with E-state index in [-0.39, 0.29) is 24.2 Å². The molecule has 2 amide bonds. The minimum Gasteiger partial charge on any atom is -0.494 e. The monoisotopic (exact) mass is 480 g/mol. The maximum atomic E-state index is 13.2. The lowest BCUT2D eigenvalue weighted by Gasteiger charge is -2.19. The normalized spacial score (nSPS) is 10.5. The van der Waals surface area contributed by atoms with Gasteiger partial charge < -0.3 is 20.1 Å². The van der Waals surface area contributed by atoms with E-state index >= 15 is 0 Å². The van der Waals surface area contributed by atoms with E-state index < -0.39 is 0 Å². The maximum absolute atomic E-state index is 13.2. The van der Waals surface area contributed by atoms with Crippen LogP contribution in [-0.4, -0.2) is 26.0 Å². The van der Waals surface area contributed by atoms with Crippen molar-refractivity contribution in [3.05, 3.63) is 120 Å². The van der Waals surface area contributed by atoms with Gasteiger partial charge in [-0.1, -0.05) is 78.9 Å². The first-order chi connectivity index (χ1) is 17.6. The Morgan fingerprint density at radius 3 is 1.58 bits per heavy atom. The summed E-state index contributed by atoms with van der Waals surface area (Å²) in [6.45, 7) is 0. The highest BCUT2D eigenvalue weighted by Crippen LogP contribution is 2.37. The zero-order valence-corrected chi connectivity index (χ0v) is 20.2. The van der Waals surface area contributed by atoms with Crippen molar-refractivity contribution in [2.24, 2.45) is 0 Å². The summed E-state index contributed by atoms with van der Waals surface area (Å²) in [6, 6.07) is 32.1. The van der Waals surface area contributed by atoms with Gasteiger partial charge in [-0.15, -0.1) is 0 Å². The van der Waals surface area contributed by atoms with Gasteiger partial charge in [0, 0.05) is 30.0 Å². The van der Waals surface area contributed by atoms with Crippen molar-refractivity contribution in [2.45, 2.75) is 12.3 Å². The second kappa shape index (κ2) is 11.7. The first kappa shape index (κ1) is 24.5.